The Bertz CT molecular complexity index is 478. The third-order valence-corrected chi connectivity index (χ3v) is 2.21. The molecule has 0 bridgehead atoms. The van der Waals surface area contributed by atoms with Crippen molar-refractivity contribution in [2.24, 2.45) is 7.05 Å². The van der Waals surface area contributed by atoms with Crippen LogP contribution in [0.4, 0.5) is 11.6 Å². The van der Waals surface area contributed by atoms with Gasteiger partial charge in [0.25, 0.3) is 0 Å². The van der Waals surface area contributed by atoms with Crippen molar-refractivity contribution in [3.05, 3.63) is 24.5 Å². The largest absolute Gasteiger partial charge is 0.381 e. The van der Waals surface area contributed by atoms with Crippen molar-refractivity contribution in [2.75, 3.05) is 11.1 Å². The average Bonchev–Trinajstić information content (AvgIpc) is 2.68. The van der Waals surface area contributed by atoms with Gasteiger partial charge in [0.2, 0.25) is 0 Å². The van der Waals surface area contributed by atoms with Crippen LogP contribution in [0.1, 0.15) is 18.8 Å². The van der Waals surface area contributed by atoms with Gasteiger partial charge in [-0.05, 0) is 6.92 Å². The maximum atomic E-state index is 5.68. The lowest BCUT2D eigenvalue weighted by molar-refractivity contribution is 0.716. The molecule has 1 atom stereocenters. The fourth-order valence-electron chi connectivity index (χ4n) is 1.41. The van der Waals surface area contributed by atoms with Crippen LogP contribution in [0.15, 0.2) is 18.7 Å². The van der Waals surface area contributed by atoms with Crippen molar-refractivity contribution < 1.29 is 0 Å². The molecular weight excluding hydrogens is 206 g/mol. The lowest BCUT2D eigenvalue weighted by Crippen LogP contribution is -2.14. The van der Waals surface area contributed by atoms with Crippen molar-refractivity contribution in [3.63, 3.8) is 0 Å². The zero-order valence-electron chi connectivity index (χ0n) is 9.12. The van der Waals surface area contributed by atoms with Gasteiger partial charge in [0.1, 0.15) is 6.33 Å². The zero-order valence-corrected chi connectivity index (χ0v) is 9.12. The van der Waals surface area contributed by atoms with Crippen LogP contribution >= 0.6 is 0 Å². The third kappa shape index (κ3) is 1.92. The second-order valence-corrected chi connectivity index (χ2v) is 3.46. The second kappa shape index (κ2) is 4.13. The Balaban J connectivity index is 2.17. The molecule has 0 aliphatic heterocycles. The van der Waals surface area contributed by atoms with Crippen molar-refractivity contribution >= 4 is 11.6 Å². The second-order valence-electron chi connectivity index (χ2n) is 3.46. The topological polar surface area (TPSA) is 94.5 Å². The van der Waals surface area contributed by atoms with E-state index in [1.54, 1.807) is 18.7 Å². The van der Waals surface area contributed by atoms with Gasteiger partial charge < -0.3 is 15.6 Å². The summed E-state index contributed by atoms with van der Waals surface area (Å²) >= 11 is 0. The van der Waals surface area contributed by atoms with E-state index in [9.17, 15) is 0 Å². The minimum absolute atomic E-state index is 0.0356. The molecule has 7 nitrogen and oxygen atoms in total. The SMILES string of the molecule is CC(Nc1nccnc1N)c1nncn1C. The first-order chi connectivity index (χ1) is 7.68. The first kappa shape index (κ1) is 10.3. The molecule has 2 aromatic rings. The van der Waals surface area contributed by atoms with Crippen molar-refractivity contribution in [1.29, 1.82) is 0 Å². The zero-order chi connectivity index (χ0) is 11.5. The fraction of sp³-hybridized carbons (Fsp3) is 0.333. The Morgan fingerprint density at radius 3 is 2.75 bits per heavy atom. The first-order valence-corrected chi connectivity index (χ1v) is 4.85. The third-order valence-electron chi connectivity index (χ3n) is 2.21. The van der Waals surface area contributed by atoms with Crippen molar-refractivity contribution in [2.45, 2.75) is 13.0 Å². The maximum absolute atomic E-state index is 5.68. The number of nitrogens with one attached hydrogen (secondary N) is 1. The minimum Gasteiger partial charge on any atom is -0.381 e. The molecule has 16 heavy (non-hydrogen) atoms. The van der Waals surface area contributed by atoms with E-state index in [0.717, 1.165) is 5.82 Å². The molecule has 84 valence electrons. The molecule has 0 saturated carbocycles. The van der Waals surface area contributed by atoms with Crippen LogP contribution in [0, 0.1) is 0 Å². The Morgan fingerprint density at radius 1 is 1.38 bits per heavy atom. The number of aryl methyl sites for hydroxylation is 1. The van der Waals surface area contributed by atoms with Crippen LogP contribution in [-0.2, 0) is 7.05 Å². The summed E-state index contributed by atoms with van der Waals surface area (Å²) in [6.07, 6.45) is 4.78. The van der Waals surface area contributed by atoms with Crippen LogP contribution in [0.3, 0.4) is 0 Å². The number of nitrogen functional groups attached to an aromatic ring is 1. The number of rotatable bonds is 3. The fourth-order valence-corrected chi connectivity index (χ4v) is 1.41. The van der Waals surface area contributed by atoms with Crippen LogP contribution in [0.5, 0.6) is 0 Å². The summed E-state index contributed by atoms with van der Waals surface area (Å²) in [6.45, 7) is 1.96. The highest BCUT2D eigenvalue weighted by atomic mass is 15.3. The summed E-state index contributed by atoms with van der Waals surface area (Å²) in [4.78, 5) is 8.05. The van der Waals surface area contributed by atoms with Crippen molar-refractivity contribution in [1.82, 2.24) is 24.7 Å². The van der Waals surface area contributed by atoms with Gasteiger partial charge in [-0.15, -0.1) is 10.2 Å². The lowest BCUT2D eigenvalue weighted by Gasteiger charge is -2.13. The van der Waals surface area contributed by atoms with Crippen LogP contribution in [0.2, 0.25) is 0 Å². The van der Waals surface area contributed by atoms with Crippen LogP contribution < -0.4 is 11.1 Å². The standard InChI is InChI=1S/C9H13N7/c1-6(9-15-13-5-16(9)2)14-8-7(10)11-3-4-12-8/h3-6H,1-2H3,(H2,10,11)(H,12,14). The van der Waals surface area contributed by atoms with E-state index < -0.39 is 0 Å². The molecular formula is C9H13N7. The number of anilines is 2. The monoisotopic (exact) mass is 219 g/mol. The van der Waals surface area contributed by atoms with Crippen LogP contribution in [0.25, 0.3) is 0 Å². The molecule has 0 fully saturated rings. The predicted octanol–water partition coefficient (Wildman–Crippen LogP) is 0.360. The minimum atomic E-state index is -0.0356. The van der Waals surface area contributed by atoms with E-state index in [-0.39, 0.29) is 6.04 Å². The average molecular weight is 219 g/mol. The summed E-state index contributed by atoms with van der Waals surface area (Å²) in [5.41, 5.74) is 5.68. The van der Waals surface area contributed by atoms with E-state index in [4.69, 9.17) is 5.73 Å². The van der Waals surface area contributed by atoms with Gasteiger partial charge in [-0.1, -0.05) is 0 Å². The predicted molar refractivity (Wildman–Crippen MR) is 59.5 cm³/mol. The number of nitrogens with two attached hydrogens (primary N) is 1. The van der Waals surface area contributed by atoms with Gasteiger partial charge in [0.05, 0.1) is 6.04 Å². The Labute approximate surface area is 92.7 Å². The van der Waals surface area contributed by atoms with Crippen molar-refractivity contribution in [3.8, 4) is 0 Å². The summed E-state index contributed by atoms with van der Waals surface area (Å²) in [5, 5.41) is 10.9. The number of aromatic nitrogens is 5. The summed E-state index contributed by atoms with van der Waals surface area (Å²) in [6, 6.07) is -0.0356. The Morgan fingerprint density at radius 2 is 2.12 bits per heavy atom. The highest BCUT2D eigenvalue weighted by Crippen LogP contribution is 2.17. The molecule has 2 aromatic heterocycles. The molecule has 3 N–H and O–H groups in total. The highest BCUT2D eigenvalue weighted by molar-refractivity contribution is 5.55. The number of hydrogen-bond acceptors (Lipinski definition) is 6. The normalized spacial score (nSPS) is 12.4. The van der Waals surface area contributed by atoms with Gasteiger partial charge in [0.15, 0.2) is 17.5 Å². The Kier molecular flexibility index (Phi) is 2.67. The molecule has 0 amide bonds. The van der Waals surface area contributed by atoms with Gasteiger partial charge in [-0.3, -0.25) is 0 Å². The molecule has 0 spiro atoms. The molecule has 0 aliphatic carbocycles. The smallest absolute Gasteiger partial charge is 0.169 e. The highest BCUT2D eigenvalue weighted by Gasteiger charge is 2.12. The molecule has 0 aliphatic rings. The molecule has 2 rings (SSSR count). The molecule has 0 radical (unpaired) electrons. The van der Waals surface area contributed by atoms with Gasteiger partial charge in [0, 0.05) is 19.4 Å². The van der Waals surface area contributed by atoms with E-state index >= 15 is 0 Å². The molecule has 1 unspecified atom stereocenters. The van der Waals surface area contributed by atoms with Gasteiger partial charge in [-0.25, -0.2) is 9.97 Å². The van der Waals surface area contributed by atoms with E-state index in [1.807, 2.05) is 18.5 Å². The lowest BCUT2D eigenvalue weighted by atomic mass is 10.3. The summed E-state index contributed by atoms with van der Waals surface area (Å²) in [7, 11) is 1.88. The quantitative estimate of drug-likeness (QED) is 0.774. The maximum Gasteiger partial charge on any atom is 0.169 e. The molecule has 0 saturated heterocycles. The molecule has 0 aromatic carbocycles. The number of nitrogens with zero attached hydrogens (tertiary/aromatic N) is 5. The van der Waals surface area contributed by atoms with Crippen LogP contribution in [-0.4, -0.2) is 24.7 Å². The number of hydrogen-bond donors (Lipinski definition) is 2. The van der Waals surface area contributed by atoms with Gasteiger partial charge >= 0.3 is 0 Å². The Hall–Kier alpha value is -2.18. The summed E-state index contributed by atoms with van der Waals surface area (Å²) in [5.74, 6) is 1.74. The van der Waals surface area contributed by atoms with E-state index in [1.165, 1.54) is 0 Å². The van der Waals surface area contributed by atoms with Gasteiger partial charge in [-0.2, -0.15) is 0 Å². The molecule has 2 heterocycles. The molecule has 7 heteroatoms. The van der Waals surface area contributed by atoms with E-state index in [2.05, 4.69) is 25.5 Å². The first-order valence-electron chi connectivity index (χ1n) is 4.85. The van der Waals surface area contributed by atoms with E-state index in [0.29, 0.717) is 11.6 Å². The summed E-state index contributed by atoms with van der Waals surface area (Å²) < 4.78 is 1.84.